The number of alkyl halides is 3. The Morgan fingerprint density at radius 3 is 2.87 bits per heavy atom. The van der Waals surface area contributed by atoms with E-state index in [1.807, 2.05) is 24.3 Å². The lowest BCUT2D eigenvalue weighted by Gasteiger charge is -2.06. The van der Waals surface area contributed by atoms with Crippen molar-refractivity contribution < 1.29 is 18.0 Å². The topological polar surface area (TPSA) is 101 Å². The summed E-state index contributed by atoms with van der Waals surface area (Å²) in [4.78, 5) is 16.1. The monoisotopic (exact) mass is 413 g/mol. The smallest absolute Gasteiger partial charge is 0.361 e. The fraction of sp³-hybridized carbons (Fsp3) is 0.105. The molecule has 0 saturated heterocycles. The first kappa shape index (κ1) is 19.3. The van der Waals surface area contributed by atoms with Crippen molar-refractivity contribution in [2.24, 2.45) is 5.10 Å². The zero-order chi connectivity index (χ0) is 21.1. The molecule has 2 heterocycles. The van der Waals surface area contributed by atoms with Crippen molar-refractivity contribution in [1.29, 1.82) is 0 Å². The minimum atomic E-state index is -4.48. The molecule has 0 atom stereocenters. The van der Waals surface area contributed by atoms with E-state index in [1.165, 1.54) is 18.3 Å². The van der Waals surface area contributed by atoms with Crippen LogP contribution < -0.4 is 5.43 Å². The van der Waals surface area contributed by atoms with Crippen LogP contribution in [0.5, 0.6) is 0 Å². The molecule has 0 unspecified atom stereocenters. The lowest BCUT2D eigenvalue weighted by molar-refractivity contribution is -0.137. The van der Waals surface area contributed by atoms with Crippen LogP contribution in [0.4, 0.5) is 13.2 Å². The molecule has 0 bridgehead atoms. The fourth-order valence-corrected chi connectivity index (χ4v) is 2.80. The molecule has 0 spiro atoms. The molecule has 0 aliphatic heterocycles. The molecule has 0 fully saturated rings. The number of aromatic amines is 1. The first-order valence-electron chi connectivity index (χ1n) is 8.73. The van der Waals surface area contributed by atoms with E-state index < -0.39 is 17.6 Å². The number of aromatic nitrogens is 5. The third-order valence-electron chi connectivity index (χ3n) is 4.20. The Labute approximate surface area is 167 Å². The third-order valence-corrected chi connectivity index (χ3v) is 4.20. The van der Waals surface area contributed by atoms with Crippen LogP contribution in [-0.2, 0) is 17.5 Å². The van der Waals surface area contributed by atoms with Crippen molar-refractivity contribution >= 4 is 23.0 Å². The number of hydrogen-bond acceptors (Lipinski definition) is 5. The Balaban J connectivity index is 1.40. The van der Waals surface area contributed by atoms with Gasteiger partial charge in [-0.05, 0) is 23.4 Å². The quantitative estimate of drug-likeness (QED) is 0.388. The minimum Gasteiger partial charge on any atom is -0.361 e. The average molecular weight is 413 g/mol. The van der Waals surface area contributed by atoms with Crippen molar-refractivity contribution in [2.75, 3.05) is 0 Å². The van der Waals surface area contributed by atoms with Crippen molar-refractivity contribution in [3.05, 3.63) is 65.9 Å². The highest BCUT2D eigenvalue weighted by molar-refractivity contribution is 5.99. The van der Waals surface area contributed by atoms with Gasteiger partial charge in [0, 0.05) is 28.2 Å². The van der Waals surface area contributed by atoms with Gasteiger partial charge < -0.3 is 4.98 Å². The van der Waals surface area contributed by atoms with Crippen molar-refractivity contribution in [1.82, 2.24) is 30.6 Å². The highest BCUT2D eigenvalue weighted by Crippen LogP contribution is 2.31. The Kier molecular flexibility index (Phi) is 5.00. The number of hydrogen-bond donors (Lipinski definition) is 2. The van der Waals surface area contributed by atoms with E-state index in [2.05, 4.69) is 30.9 Å². The second-order valence-corrected chi connectivity index (χ2v) is 6.30. The van der Waals surface area contributed by atoms with Crippen LogP contribution in [0, 0.1) is 0 Å². The SMILES string of the molecule is O=C(Cn1nnc(-c2cccc(C(F)(F)F)c2)n1)N/N=C/c1c[nH]c2ccccc12. The van der Waals surface area contributed by atoms with Gasteiger partial charge in [-0.2, -0.15) is 23.1 Å². The maximum atomic E-state index is 12.8. The summed E-state index contributed by atoms with van der Waals surface area (Å²) in [6.07, 6.45) is -1.21. The second kappa shape index (κ2) is 7.78. The number of benzene rings is 2. The van der Waals surface area contributed by atoms with Gasteiger partial charge >= 0.3 is 6.18 Å². The van der Waals surface area contributed by atoms with Crippen LogP contribution in [0.2, 0.25) is 0 Å². The van der Waals surface area contributed by atoms with E-state index in [1.54, 1.807) is 6.20 Å². The van der Waals surface area contributed by atoms with Gasteiger partial charge in [-0.3, -0.25) is 4.79 Å². The van der Waals surface area contributed by atoms with Gasteiger partial charge in [0.15, 0.2) is 0 Å². The van der Waals surface area contributed by atoms with Crippen molar-refractivity contribution in [3.63, 3.8) is 0 Å². The van der Waals surface area contributed by atoms with E-state index in [0.717, 1.165) is 33.4 Å². The van der Waals surface area contributed by atoms with Crippen LogP contribution in [0.15, 0.2) is 59.8 Å². The van der Waals surface area contributed by atoms with Gasteiger partial charge in [0.25, 0.3) is 5.91 Å². The number of hydrazone groups is 1. The molecule has 0 saturated carbocycles. The molecule has 1 amide bonds. The summed E-state index contributed by atoms with van der Waals surface area (Å²) in [6.45, 7) is -0.294. The molecule has 8 nitrogen and oxygen atoms in total. The van der Waals surface area contributed by atoms with Gasteiger partial charge in [0.2, 0.25) is 5.82 Å². The number of para-hydroxylation sites is 1. The van der Waals surface area contributed by atoms with Crippen LogP contribution in [0.3, 0.4) is 0 Å². The molecule has 4 rings (SSSR count). The van der Waals surface area contributed by atoms with Crippen LogP contribution in [0.1, 0.15) is 11.1 Å². The first-order chi connectivity index (χ1) is 14.4. The van der Waals surface area contributed by atoms with E-state index in [9.17, 15) is 18.0 Å². The van der Waals surface area contributed by atoms with Gasteiger partial charge in [0.05, 0.1) is 11.8 Å². The highest BCUT2D eigenvalue weighted by atomic mass is 19.4. The summed E-state index contributed by atoms with van der Waals surface area (Å²) in [5.74, 6) is -0.532. The largest absolute Gasteiger partial charge is 0.416 e. The highest BCUT2D eigenvalue weighted by Gasteiger charge is 2.30. The summed E-state index contributed by atoms with van der Waals surface area (Å²) >= 11 is 0. The molecule has 30 heavy (non-hydrogen) atoms. The van der Waals surface area contributed by atoms with Crippen LogP contribution >= 0.6 is 0 Å². The molecule has 0 aliphatic rings. The Morgan fingerprint density at radius 2 is 2.03 bits per heavy atom. The number of H-pyrrole nitrogens is 1. The number of carbonyl (C=O) groups is 1. The van der Waals surface area contributed by atoms with Crippen LogP contribution in [-0.4, -0.2) is 37.3 Å². The number of fused-ring (bicyclic) bond motifs is 1. The number of nitrogens with zero attached hydrogens (tertiary/aromatic N) is 5. The standard InChI is InChI=1S/C19H14F3N7O/c20-19(21,22)14-5-3-4-12(8-14)18-26-28-29(27-18)11-17(30)25-24-10-13-9-23-16-7-2-1-6-15(13)16/h1-10,23H,11H2,(H,25,30)/b24-10+. The molecule has 2 aromatic carbocycles. The van der Waals surface area contributed by atoms with E-state index in [0.29, 0.717) is 0 Å². The summed E-state index contributed by atoms with van der Waals surface area (Å²) in [6, 6.07) is 12.2. The summed E-state index contributed by atoms with van der Waals surface area (Å²) in [7, 11) is 0. The zero-order valence-electron chi connectivity index (χ0n) is 15.3. The molecule has 0 radical (unpaired) electrons. The lowest BCUT2D eigenvalue weighted by atomic mass is 10.1. The van der Waals surface area contributed by atoms with Gasteiger partial charge in [-0.15, -0.1) is 10.2 Å². The maximum Gasteiger partial charge on any atom is 0.416 e. The van der Waals surface area contributed by atoms with Gasteiger partial charge in [-0.1, -0.05) is 30.3 Å². The molecular weight excluding hydrogens is 399 g/mol. The predicted octanol–water partition coefficient (Wildman–Crippen LogP) is 2.99. The number of amides is 1. The van der Waals surface area contributed by atoms with E-state index in [4.69, 9.17) is 0 Å². The minimum absolute atomic E-state index is 0.0174. The summed E-state index contributed by atoms with van der Waals surface area (Å²) < 4.78 is 38.5. The summed E-state index contributed by atoms with van der Waals surface area (Å²) in [5, 5.41) is 16.2. The molecule has 152 valence electrons. The average Bonchev–Trinajstić information content (AvgIpc) is 3.35. The maximum absolute atomic E-state index is 12.8. The molecule has 0 aliphatic carbocycles. The predicted molar refractivity (Wildman–Crippen MR) is 102 cm³/mol. The fourth-order valence-electron chi connectivity index (χ4n) is 2.80. The molecule has 4 aromatic rings. The third kappa shape index (κ3) is 4.19. The Bertz CT molecular complexity index is 1230. The van der Waals surface area contributed by atoms with E-state index >= 15 is 0 Å². The summed E-state index contributed by atoms with van der Waals surface area (Å²) in [5.41, 5.74) is 3.43. The number of rotatable bonds is 5. The van der Waals surface area contributed by atoms with Crippen molar-refractivity contribution in [2.45, 2.75) is 12.7 Å². The Morgan fingerprint density at radius 1 is 1.20 bits per heavy atom. The number of nitrogens with one attached hydrogen (secondary N) is 2. The zero-order valence-corrected chi connectivity index (χ0v) is 15.3. The van der Waals surface area contributed by atoms with Crippen LogP contribution in [0.25, 0.3) is 22.3 Å². The Hall–Kier alpha value is -4.02. The number of carbonyl (C=O) groups excluding carboxylic acids is 1. The number of tetrazole rings is 1. The van der Waals surface area contributed by atoms with Gasteiger partial charge in [-0.25, -0.2) is 5.43 Å². The normalized spacial score (nSPS) is 12.0. The number of halogens is 3. The molecule has 11 heteroatoms. The second-order valence-electron chi connectivity index (χ2n) is 6.30. The lowest BCUT2D eigenvalue weighted by Crippen LogP contribution is -2.24. The first-order valence-corrected chi connectivity index (χ1v) is 8.73. The molecular formula is C19H14F3N7O. The molecule has 2 aromatic heterocycles. The molecule has 2 N–H and O–H groups in total. The van der Waals surface area contributed by atoms with Crippen molar-refractivity contribution in [3.8, 4) is 11.4 Å². The van der Waals surface area contributed by atoms with E-state index in [-0.39, 0.29) is 17.9 Å². The van der Waals surface area contributed by atoms with Gasteiger partial charge in [0.1, 0.15) is 6.54 Å².